The fourth-order valence-electron chi connectivity index (χ4n) is 3.10. The molecule has 1 aromatic heterocycles. The maximum absolute atomic E-state index is 4.78. The summed E-state index contributed by atoms with van der Waals surface area (Å²) in [6.07, 6.45) is 6.13. The molecule has 0 atom stereocenters. The summed E-state index contributed by atoms with van der Waals surface area (Å²) in [6.45, 7) is 8.51. The maximum atomic E-state index is 4.78. The molecule has 0 unspecified atom stereocenters. The van der Waals surface area contributed by atoms with E-state index >= 15 is 0 Å². The van der Waals surface area contributed by atoms with Crippen LogP contribution in [0.15, 0.2) is 10.4 Å². The Kier molecular flexibility index (Phi) is 5.53. The summed E-state index contributed by atoms with van der Waals surface area (Å²) < 4.78 is 0. The minimum absolute atomic E-state index is 0.821. The summed E-state index contributed by atoms with van der Waals surface area (Å²) in [6, 6.07) is 0. The number of nitrogens with one attached hydrogen (secondary N) is 1. The summed E-state index contributed by atoms with van der Waals surface area (Å²) in [5.41, 5.74) is 1.19. The highest BCUT2D eigenvalue weighted by Gasteiger charge is 2.16. The molecule has 22 heavy (non-hydrogen) atoms. The Bertz CT molecular complexity index is 486. The number of aromatic nitrogens is 1. The third kappa shape index (κ3) is 3.91. The Labute approximate surface area is 137 Å². The smallest absolute Gasteiger partial charge is 0.193 e. The van der Waals surface area contributed by atoms with Gasteiger partial charge >= 0.3 is 0 Å². The Balaban J connectivity index is 1.53. The van der Waals surface area contributed by atoms with Crippen LogP contribution in [0.4, 0.5) is 5.13 Å². The molecule has 2 fully saturated rings. The molecule has 1 N–H and O–H groups in total. The largest absolute Gasteiger partial charge is 0.357 e. The van der Waals surface area contributed by atoms with Crippen LogP contribution in [0.3, 0.4) is 0 Å². The summed E-state index contributed by atoms with van der Waals surface area (Å²) in [4.78, 5) is 14.3. The van der Waals surface area contributed by atoms with E-state index in [0.717, 1.165) is 38.6 Å². The van der Waals surface area contributed by atoms with Crippen LogP contribution in [0.5, 0.6) is 0 Å². The molecule has 3 rings (SSSR count). The number of anilines is 1. The molecular weight excluding hydrogens is 294 g/mol. The second-order valence-electron chi connectivity index (χ2n) is 6.00. The SMILES string of the molecule is CCNC(=NCCc1csc(N2CCCC2)n1)N1CCCC1. The van der Waals surface area contributed by atoms with Crippen molar-refractivity contribution in [3.63, 3.8) is 0 Å². The van der Waals surface area contributed by atoms with Crippen LogP contribution in [-0.2, 0) is 6.42 Å². The summed E-state index contributed by atoms with van der Waals surface area (Å²) in [5.74, 6) is 1.08. The zero-order valence-electron chi connectivity index (χ0n) is 13.6. The lowest BCUT2D eigenvalue weighted by Crippen LogP contribution is -2.39. The van der Waals surface area contributed by atoms with Gasteiger partial charge < -0.3 is 15.1 Å². The van der Waals surface area contributed by atoms with Gasteiger partial charge in [-0.15, -0.1) is 11.3 Å². The molecule has 2 saturated heterocycles. The van der Waals surface area contributed by atoms with E-state index in [1.807, 2.05) is 0 Å². The van der Waals surface area contributed by atoms with Crippen LogP contribution in [0.25, 0.3) is 0 Å². The van der Waals surface area contributed by atoms with E-state index in [1.54, 1.807) is 11.3 Å². The predicted octanol–water partition coefficient (Wildman–Crippen LogP) is 2.35. The van der Waals surface area contributed by atoms with Crippen molar-refractivity contribution >= 4 is 22.4 Å². The Morgan fingerprint density at radius 2 is 1.95 bits per heavy atom. The standard InChI is InChI=1S/C16H27N5S/c1-2-17-15(20-9-3-4-10-20)18-8-7-14-13-22-16(19-14)21-11-5-6-12-21/h13H,2-12H2,1H3,(H,17,18). The van der Waals surface area contributed by atoms with Gasteiger partial charge in [-0.1, -0.05) is 0 Å². The molecule has 6 heteroatoms. The van der Waals surface area contributed by atoms with E-state index in [2.05, 4.69) is 27.4 Å². The second kappa shape index (κ2) is 7.81. The Morgan fingerprint density at radius 1 is 1.23 bits per heavy atom. The van der Waals surface area contributed by atoms with Crippen molar-refractivity contribution in [2.75, 3.05) is 44.2 Å². The van der Waals surface area contributed by atoms with Crippen LogP contribution in [-0.4, -0.2) is 55.1 Å². The van der Waals surface area contributed by atoms with Gasteiger partial charge in [-0.05, 0) is 32.6 Å². The van der Waals surface area contributed by atoms with E-state index < -0.39 is 0 Å². The number of likely N-dealkylation sites (tertiary alicyclic amines) is 1. The van der Waals surface area contributed by atoms with Gasteiger partial charge in [-0.2, -0.15) is 0 Å². The second-order valence-corrected chi connectivity index (χ2v) is 6.83. The first-order chi connectivity index (χ1) is 10.9. The Morgan fingerprint density at radius 3 is 2.68 bits per heavy atom. The van der Waals surface area contributed by atoms with Crippen LogP contribution in [0.2, 0.25) is 0 Å². The zero-order chi connectivity index (χ0) is 15.2. The van der Waals surface area contributed by atoms with Crippen molar-refractivity contribution in [2.24, 2.45) is 4.99 Å². The molecule has 0 spiro atoms. The summed E-state index contributed by atoms with van der Waals surface area (Å²) in [7, 11) is 0. The van der Waals surface area contributed by atoms with Crippen molar-refractivity contribution in [1.82, 2.24) is 15.2 Å². The average Bonchev–Trinajstić information content (AvgIpc) is 3.27. The Hall–Kier alpha value is -1.30. The van der Waals surface area contributed by atoms with Gasteiger partial charge in [-0.3, -0.25) is 4.99 Å². The van der Waals surface area contributed by atoms with E-state index in [9.17, 15) is 0 Å². The van der Waals surface area contributed by atoms with Gasteiger partial charge in [0.2, 0.25) is 0 Å². The van der Waals surface area contributed by atoms with Crippen molar-refractivity contribution in [2.45, 2.75) is 39.0 Å². The third-order valence-corrected chi connectivity index (χ3v) is 5.24. The van der Waals surface area contributed by atoms with Crippen LogP contribution >= 0.6 is 11.3 Å². The number of thiazole rings is 1. The molecule has 0 radical (unpaired) electrons. The first kappa shape index (κ1) is 15.6. The minimum Gasteiger partial charge on any atom is -0.357 e. The molecule has 0 bridgehead atoms. The van der Waals surface area contributed by atoms with Gasteiger partial charge in [0.25, 0.3) is 0 Å². The van der Waals surface area contributed by atoms with Gasteiger partial charge in [0.05, 0.1) is 5.69 Å². The molecule has 2 aliphatic rings. The van der Waals surface area contributed by atoms with Crippen molar-refractivity contribution in [3.05, 3.63) is 11.1 Å². The van der Waals surface area contributed by atoms with Gasteiger partial charge in [0, 0.05) is 51.1 Å². The minimum atomic E-state index is 0.821. The molecule has 122 valence electrons. The lowest BCUT2D eigenvalue weighted by molar-refractivity contribution is 0.494. The van der Waals surface area contributed by atoms with Crippen LogP contribution in [0, 0.1) is 0 Å². The topological polar surface area (TPSA) is 43.8 Å². The third-order valence-electron chi connectivity index (χ3n) is 4.29. The van der Waals surface area contributed by atoms with Crippen molar-refractivity contribution in [1.29, 1.82) is 0 Å². The van der Waals surface area contributed by atoms with E-state index in [4.69, 9.17) is 9.98 Å². The van der Waals surface area contributed by atoms with Gasteiger partial charge in [0.15, 0.2) is 11.1 Å². The quantitative estimate of drug-likeness (QED) is 0.668. The first-order valence-corrected chi connectivity index (χ1v) is 9.47. The fourth-order valence-corrected chi connectivity index (χ4v) is 4.01. The van der Waals surface area contributed by atoms with Crippen molar-refractivity contribution < 1.29 is 0 Å². The number of aliphatic imine (C=N–C) groups is 1. The van der Waals surface area contributed by atoms with Crippen LogP contribution in [0.1, 0.15) is 38.3 Å². The number of nitrogens with zero attached hydrogens (tertiary/aromatic N) is 4. The molecule has 3 heterocycles. The lowest BCUT2D eigenvalue weighted by atomic mass is 10.3. The fraction of sp³-hybridized carbons (Fsp3) is 0.750. The molecule has 0 amide bonds. The predicted molar refractivity (Wildman–Crippen MR) is 94.1 cm³/mol. The molecule has 1 aromatic rings. The summed E-state index contributed by atoms with van der Waals surface area (Å²) >= 11 is 1.78. The number of rotatable bonds is 5. The molecule has 0 aliphatic carbocycles. The zero-order valence-corrected chi connectivity index (χ0v) is 14.4. The maximum Gasteiger partial charge on any atom is 0.193 e. The van der Waals surface area contributed by atoms with E-state index in [1.165, 1.54) is 49.6 Å². The molecule has 0 saturated carbocycles. The summed E-state index contributed by atoms with van der Waals surface area (Å²) in [5, 5.41) is 6.81. The molecule has 0 aromatic carbocycles. The van der Waals surface area contributed by atoms with Crippen molar-refractivity contribution in [3.8, 4) is 0 Å². The van der Waals surface area contributed by atoms with E-state index in [0.29, 0.717) is 0 Å². The highest BCUT2D eigenvalue weighted by atomic mass is 32.1. The van der Waals surface area contributed by atoms with E-state index in [-0.39, 0.29) is 0 Å². The van der Waals surface area contributed by atoms with Gasteiger partial charge in [0.1, 0.15) is 0 Å². The number of guanidine groups is 1. The highest BCUT2D eigenvalue weighted by molar-refractivity contribution is 7.13. The van der Waals surface area contributed by atoms with Crippen LogP contribution < -0.4 is 10.2 Å². The monoisotopic (exact) mass is 321 g/mol. The molecule has 2 aliphatic heterocycles. The first-order valence-electron chi connectivity index (χ1n) is 8.59. The number of hydrogen-bond donors (Lipinski definition) is 1. The normalized spacial score (nSPS) is 19.2. The number of hydrogen-bond acceptors (Lipinski definition) is 4. The molecule has 5 nitrogen and oxygen atoms in total. The van der Waals surface area contributed by atoms with Gasteiger partial charge in [-0.25, -0.2) is 4.98 Å². The lowest BCUT2D eigenvalue weighted by Gasteiger charge is -2.20. The molecular formula is C16H27N5S. The highest BCUT2D eigenvalue weighted by Crippen LogP contribution is 2.24. The average molecular weight is 321 g/mol.